The highest BCUT2D eigenvalue weighted by atomic mass is 35.5. The monoisotopic (exact) mass is 402 g/mol. The summed E-state index contributed by atoms with van der Waals surface area (Å²) < 4.78 is 0. The van der Waals surface area contributed by atoms with E-state index in [0.717, 1.165) is 40.6 Å². The summed E-state index contributed by atoms with van der Waals surface area (Å²) in [5, 5.41) is 6.41. The Labute approximate surface area is 164 Å². The van der Waals surface area contributed by atoms with Crippen LogP contribution in [0.15, 0.2) is 18.2 Å². The number of thioether (sulfide) groups is 1. The van der Waals surface area contributed by atoms with Crippen LogP contribution in [0.5, 0.6) is 0 Å². The van der Waals surface area contributed by atoms with Gasteiger partial charge in [-0.05, 0) is 31.0 Å². The maximum atomic E-state index is 12.2. The summed E-state index contributed by atoms with van der Waals surface area (Å²) >= 11 is 1.91. The van der Waals surface area contributed by atoms with Gasteiger partial charge in [-0.15, -0.1) is 24.8 Å². The van der Waals surface area contributed by atoms with Crippen LogP contribution in [0.4, 0.5) is 5.69 Å². The number of halogens is 2. The minimum Gasteiger partial charge on any atom is -0.342 e. The topological polar surface area (TPSA) is 69.8 Å². The van der Waals surface area contributed by atoms with Gasteiger partial charge in [0.1, 0.15) is 5.82 Å². The molecule has 8 heteroatoms. The molecule has 3 N–H and O–H groups in total. The second-order valence-corrected chi connectivity index (χ2v) is 7.61. The Morgan fingerprint density at radius 2 is 2.16 bits per heavy atom. The third-order valence-corrected chi connectivity index (χ3v) is 5.84. The first kappa shape index (κ1) is 20.4. The van der Waals surface area contributed by atoms with Gasteiger partial charge in [0.25, 0.3) is 0 Å². The Kier molecular flexibility index (Phi) is 7.43. The lowest BCUT2D eigenvalue weighted by atomic mass is 9.85. The van der Waals surface area contributed by atoms with Crippen LogP contribution < -0.4 is 10.6 Å². The highest BCUT2D eigenvalue weighted by Crippen LogP contribution is 2.35. The molecule has 1 aliphatic heterocycles. The van der Waals surface area contributed by atoms with Crippen molar-refractivity contribution in [3.8, 4) is 0 Å². The fraction of sp³-hybridized carbons (Fsp3) is 0.529. The molecule has 2 aliphatic rings. The highest BCUT2D eigenvalue weighted by Gasteiger charge is 2.22. The zero-order chi connectivity index (χ0) is 15.6. The van der Waals surface area contributed by atoms with Crippen molar-refractivity contribution in [3.63, 3.8) is 0 Å². The number of fused-ring (bicyclic) bond motifs is 1. The summed E-state index contributed by atoms with van der Waals surface area (Å²) in [4.78, 5) is 20.3. The molecule has 0 radical (unpaired) electrons. The second kappa shape index (κ2) is 9.12. The molecular weight excluding hydrogens is 379 g/mol. The van der Waals surface area contributed by atoms with Crippen LogP contribution in [0.25, 0.3) is 11.0 Å². The third-order valence-electron chi connectivity index (χ3n) is 4.71. The van der Waals surface area contributed by atoms with E-state index in [1.807, 2.05) is 30.0 Å². The Balaban J connectivity index is 0.00000113. The van der Waals surface area contributed by atoms with Gasteiger partial charge >= 0.3 is 0 Å². The number of hydrogen-bond acceptors (Lipinski definition) is 4. The van der Waals surface area contributed by atoms with Crippen molar-refractivity contribution < 1.29 is 4.79 Å². The summed E-state index contributed by atoms with van der Waals surface area (Å²) in [7, 11) is 0. The maximum Gasteiger partial charge on any atom is 0.225 e. The number of aromatic nitrogens is 2. The Bertz CT molecular complexity index is 714. The first-order valence-corrected chi connectivity index (χ1v) is 9.54. The summed E-state index contributed by atoms with van der Waals surface area (Å²) in [6.45, 7) is 0.993. The van der Waals surface area contributed by atoms with Crippen molar-refractivity contribution in [2.45, 2.75) is 37.6 Å². The minimum atomic E-state index is 0. The zero-order valence-corrected chi connectivity index (χ0v) is 16.4. The Morgan fingerprint density at radius 3 is 2.84 bits per heavy atom. The van der Waals surface area contributed by atoms with Crippen molar-refractivity contribution in [1.82, 2.24) is 15.3 Å². The van der Waals surface area contributed by atoms with Crippen molar-refractivity contribution >= 4 is 59.2 Å². The average Bonchev–Trinajstić information content (AvgIpc) is 2.88. The number of amides is 1. The fourth-order valence-corrected chi connectivity index (χ4v) is 4.12. The number of anilines is 1. The molecule has 1 amide bonds. The summed E-state index contributed by atoms with van der Waals surface area (Å²) in [6, 6.07) is 6.20. The first-order valence-electron chi connectivity index (χ1n) is 8.38. The van der Waals surface area contributed by atoms with Crippen LogP contribution in [0.2, 0.25) is 0 Å². The van der Waals surface area contributed by atoms with Gasteiger partial charge in [-0.1, -0.05) is 6.42 Å². The van der Waals surface area contributed by atoms with Gasteiger partial charge in [-0.2, -0.15) is 11.8 Å². The molecule has 1 aromatic heterocycles. The largest absolute Gasteiger partial charge is 0.342 e. The molecule has 0 spiro atoms. The van der Waals surface area contributed by atoms with Crippen LogP contribution in [0.3, 0.4) is 0 Å². The summed E-state index contributed by atoms with van der Waals surface area (Å²) in [6.07, 6.45) is 4.30. The quantitative estimate of drug-likeness (QED) is 0.728. The minimum absolute atomic E-state index is 0. The number of aromatic amines is 1. The number of carbonyl (C=O) groups is 1. The lowest BCUT2D eigenvalue weighted by Crippen LogP contribution is -2.39. The van der Waals surface area contributed by atoms with Crippen molar-refractivity contribution in [2.75, 3.05) is 23.4 Å². The van der Waals surface area contributed by atoms with Gasteiger partial charge in [0, 0.05) is 42.1 Å². The predicted molar refractivity (Wildman–Crippen MR) is 110 cm³/mol. The van der Waals surface area contributed by atoms with Gasteiger partial charge in [-0.25, -0.2) is 4.98 Å². The average molecular weight is 403 g/mol. The van der Waals surface area contributed by atoms with Crippen LogP contribution >= 0.6 is 36.6 Å². The fourth-order valence-electron chi connectivity index (χ4n) is 3.17. The van der Waals surface area contributed by atoms with Crippen LogP contribution in [-0.4, -0.2) is 40.0 Å². The van der Waals surface area contributed by atoms with E-state index >= 15 is 0 Å². The van der Waals surface area contributed by atoms with E-state index in [2.05, 4.69) is 20.6 Å². The molecule has 2 aromatic rings. The lowest BCUT2D eigenvalue weighted by molar-refractivity contribution is -0.116. The molecule has 0 bridgehead atoms. The molecule has 4 rings (SSSR count). The second-order valence-electron chi connectivity index (χ2n) is 6.46. The van der Waals surface area contributed by atoms with Crippen LogP contribution in [-0.2, 0) is 4.79 Å². The molecule has 1 atom stereocenters. The zero-order valence-electron chi connectivity index (χ0n) is 13.9. The normalized spacial score (nSPS) is 20.2. The SMILES string of the molecule is Cl.Cl.O=C(CC1CSCCN1)Nc1ccc2nc(C3CCC3)[nH]c2c1. The van der Waals surface area contributed by atoms with E-state index in [4.69, 9.17) is 0 Å². The molecule has 1 saturated heterocycles. The van der Waals surface area contributed by atoms with Crippen LogP contribution in [0.1, 0.15) is 37.4 Å². The number of nitrogens with zero attached hydrogens (tertiary/aromatic N) is 1. The smallest absolute Gasteiger partial charge is 0.225 e. The Morgan fingerprint density at radius 1 is 1.32 bits per heavy atom. The number of rotatable bonds is 4. The van der Waals surface area contributed by atoms with Gasteiger partial charge in [0.2, 0.25) is 5.91 Å². The van der Waals surface area contributed by atoms with E-state index in [1.54, 1.807) is 0 Å². The number of hydrogen-bond donors (Lipinski definition) is 3. The molecule has 1 aromatic carbocycles. The first-order chi connectivity index (χ1) is 11.3. The number of carbonyl (C=O) groups excluding carboxylic acids is 1. The molecule has 2 fully saturated rings. The van der Waals surface area contributed by atoms with Crippen molar-refractivity contribution in [1.29, 1.82) is 0 Å². The molecular formula is C17H24Cl2N4OS. The molecule has 1 unspecified atom stereocenters. The van der Waals surface area contributed by atoms with E-state index in [1.165, 1.54) is 19.3 Å². The highest BCUT2D eigenvalue weighted by molar-refractivity contribution is 7.99. The number of H-pyrrole nitrogens is 1. The summed E-state index contributed by atoms with van der Waals surface area (Å²) in [5.41, 5.74) is 2.83. The van der Waals surface area contributed by atoms with Crippen LogP contribution in [0, 0.1) is 0 Å². The molecule has 1 aliphatic carbocycles. The molecule has 25 heavy (non-hydrogen) atoms. The van der Waals surface area contributed by atoms with E-state index in [-0.39, 0.29) is 36.8 Å². The van der Waals surface area contributed by atoms with E-state index < -0.39 is 0 Å². The third kappa shape index (κ3) is 4.82. The molecule has 5 nitrogen and oxygen atoms in total. The standard InChI is InChI=1S/C17H22N4OS.2ClH/c22-16(9-13-10-23-7-6-18-13)19-12-4-5-14-15(8-12)21-17(20-14)11-2-1-3-11;;/h4-5,8,11,13,18H,1-3,6-7,9-10H2,(H,19,22)(H,20,21);2*1H. The van der Waals surface area contributed by atoms with Gasteiger partial charge in [0.05, 0.1) is 11.0 Å². The molecule has 1 saturated carbocycles. The number of imidazole rings is 1. The maximum absolute atomic E-state index is 12.2. The van der Waals surface area contributed by atoms with Gasteiger partial charge < -0.3 is 15.6 Å². The van der Waals surface area contributed by atoms with Crippen molar-refractivity contribution in [2.24, 2.45) is 0 Å². The molecule has 2 heterocycles. The van der Waals surface area contributed by atoms with Gasteiger partial charge in [0.15, 0.2) is 0 Å². The van der Waals surface area contributed by atoms with Crippen molar-refractivity contribution in [3.05, 3.63) is 24.0 Å². The van der Waals surface area contributed by atoms with E-state index in [0.29, 0.717) is 12.3 Å². The summed E-state index contributed by atoms with van der Waals surface area (Å²) in [5.74, 6) is 3.91. The predicted octanol–water partition coefficient (Wildman–Crippen LogP) is 3.71. The van der Waals surface area contributed by atoms with Gasteiger partial charge in [-0.3, -0.25) is 4.79 Å². The number of benzene rings is 1. The van der Waals surface area contributed by atoms with E-state index in [9.17, 15) is 4.79 Å². The molecule has 138 valence electrons. The number of nitrogens with one attached hydrogen (secondary N) is 3. The lowest BCUT2D eigenvalue weighted by Gasteiger charge is -2.22. The Hall–Kier alpha value is -0.950.